The maximum atomic E-state index is 12.5. The summed E-state index contributed by atoms with van der Waals surface area (Å²) in [6.07, 6.45) is -0.875. The van der Waals surface area contributed by atoms with E-state index < -0.39 is 23.9 Å². The van der Waals surface area contributed by atoms with Crippen molar-refractivity contribution >= 4 is 23.5 Å². The Morgan fingerprint density at radius 2 is 1.39 bits per heavy atom. The van der Waals surface area contributed by atoms with Crippen molar-refractivity contribution in [2.45, 2.75) is 13.0 Å². The van der Waals surface area contributed by atoms with E-state index in [1.165, 1.54) is 39.5 Å². The molecule has 0 heterocycles. The van der Waals surface area contributed by atoms with Crippen molar-refractivity contribution in [2.75, 3.05) is 26.6 Å². The lowest BCUT2D eigenvalue weighted by Crippen LogP contribution is -2.30. The summed E-state index contributed by atoms with van der Waals surface area (Å²) in [5, 5.41) is 2.62. The SMILES string of the molecule is COC(=O)c1cc(NC(=O)[C@H](C)Oc2ccccc2OC)cc(C(=O)OC)c1. The molecule has 0 aromatic heterocycles. The Labute approximate surface area is 162 Å². The van der Waals surface area contributed by atoms with Crippen LogP contribution >= 0.6 is 0 Å². The number of para-hydroxylation sites is 2. The van der Waals surface area contributed by atoms with E-state index in [9.17, 15) is 14.4 Å². The molecule has 8 nitrogen and oxygen atoms in total. The predicted octanol–water partition coefficient (Wildman–Crippen LogP) is 2.67. The highest BCUT2D eigenvalue weighted by Gasteiger charge is 2.19. The molecule has 0 radical (unpaired) electrons. The Morgan fingerprint density at radius 3 is 1.89 bits per heavy atom. The first-order chi connectivity index (χ1) is 13.4. The minimum atomic E-state index is -0.875. The summed E-state index contributed by atoms with van der Waals surface area (Å²) in [5.74, 6) is -0.892. The molecule has 0 spiro atoms. The third-order valence-electron chi connectivity index (χ3n) is 3.78. The summed E-state index contributed by atoms with van der Waals surface area (Å²) < 4.78 is 20.2. The van der Waals surface area contributed by atoms with Crippen molar-refractivity contribution < 1.29 is 33.3 Å². The van der Waals surface area contributed by atoms with E-state index in [1.807, 2.05) is 0 Å². The number of anilines is 1. The maximum absolute atomic E-state index is 12.5. The van der Waals surface area contributed by atoms with Gasteiger partial charge in [0.1, 0.15) is 0 Å². The molecule has 8 heteroatoms. The lowest BCUT2D eigenvalue weighted by atomic mass is 10.1. The van der Waals surface area contributed by atoms with Crippen LogP contribution in [0.5, 0.6) is 11.5 Å². The first-order valence-corrected chi connectivity index (χ1v) is 8.31. The normalized spacial score (nSPS) is 11.1. The van der Waals surface area contributed by atoms with E-state index in [2.05, 4.69) is 14.8 Å². The first-order valence-electron chi connectivity index (χ1n) is 8.31. The average Bonchev–Trinajstić information content (AvgIpc) is 2.72. The van der Waals surface area contributed by atoms with E-state index >= 15 is 0 Å². The van der Waals surface area contributed by atoms with E-state index in [4.69, 9.17) is 9.47 Å². The zero-order chi connectivity index (χ0) is 20.7. The largest absolute Gasteiger partial charge is 0.493 e. The smallest absolute Gasteiger partial charge is 0.337 e. The van der Waals surface area contributed by atoms with Crippen molar-refractivity contribution in [1.29, 1.82) is 0 Å². The van der Waals surface area contributed by atoms with Gasteiger partial charge in [-0.3, -0.25) is 4.79 Å². The number of hydrogen-bond donors (Lipinski definition) is 1. The summed E-state index contributed by atoms with van der Waals surface area (Å²) in [6, 6.07) is 11.0. The summed E-state index contributed by atoms with van der Waals surface area (Å²) in [7, 11) is 3.93. The molecular weight excluding hydrogens is 366 g/mol. The fourth-order valence-corrected chi connectivity index (χ4v) is 2.38. The van der Waals surface area contributed by atoms with Crippen LogP contribution in [-0.2, 0) is 14.3 Å². The topological polar surface area (TPSA) is 100 Å². The molecule has 0 saturated carbocycles. The molecule has 0 aliphatic carbocycles. The van der Waals surface area contributed by atoms with Gasteiger partial charge in [-0.1, -0.05) is 12.1 Å². The highest BCUT2D eigenvalue weighted by molar-refractivity contribution is 6.00. The van der Waals surface area contributed by atoms with Crippen molar-refractivity contribution in [3.63, 3.8) is 0 Å². The van der Waals surface area contributed by atoms with Crippen molar-refractivity contribution in [3.05, 3.63) is 53.6 Å². The first kappa shape index (κ1) is 20.8. The van der Waals surface area contributed by atoms with E-state index in [0.29, 0.717) is 11.5 Å². The second-order valence-electron chi connectivity index (χ2n) is 5.68. The van der Waals surface area contributed by atoms with Gasteiger partial charge in [0.05, 0.1) is 32.5 Å². The fourth-order valence-electron chi connectivity index (χ4n) is 2.38. The number of methoxy groups -OCH3 is 3. The Morgan fingerprint density at radius 1 is 0.857 bits per heavy atom. The maximum Gasteiger partial charge on any atom is 0.337 e. The third-order valence-corrected chi connectivity index (χ3v) is 3.78. The van der Waals surface area contributed by atoms with Gasteiger partial charge in [0.15, 0.2) is 17.6 Å². The molecule has 0 aliphatic rings. The number of benzene rings is 2. The van der Waals surface area contributed by atoms with Gasteiger partial charge in [-0.15, -0.1) is 0 Å². The van der Waals surface area contributed by atoms with E-state index in [0.717, 1.165) is 0 Å². The van der Waals surface area contributed by atoms with Gasteiger partial charge in [0, 0.05) is 5.69 Å². The van der Waals surface area contributed by atoms with Gasteiger partial charge < -0.3 is 24.3 Å². The lowest BCUT2D eigenvalue weighted by Gasteiger charge is -2.17. The van der Waals surface area contributed by atoms with Crippen molar-refractivity contribution in [3.8, 4) is 11.5 Å². The Hall–Kier alpha value is -3.55. The second-order valence-corrected chi connectivity index (χ2v) is 5.68. The molecule has 1 N–H and O–H groups in total. The van der Waals surface area contributed by atoms with Gasteiger partial charge >= 0.3 is 11.9 Å². The van der Waals surface area contributed by atoms with Crippen LogP contribution in [0.25, 0.3) is 0 Å². The Balaban J connectivity index is 2.21. The summed E-state index contributed by atoms with van der Waals surface area (Å²) in [4.78, 5) is 36.2. The quantitative estimate of drug-likeness (QED) is 0.729. The summed E-state index contributed by atoms with van der Waals surface area (Å²) in [6.45, 7) is 1.56. The molecule has 2 rings (SSSR count). The minimum Gasteiger partial charge on any atom is -0.493 e. The molecule has 0 bridgehead atoms. The molecule has 0 fully saturated rings. The highest BCUT2D eigenvalue weighted by Crippen LogP contribution is 2.27. The second kappa shape index (κ2) is 9.40. The molecule has 148 valence electrons. The predicted molar refractivity (Wildman–Crippen MR) is 101 cm³/mol. The number of esters is 2. The van der Waals surface area contributed by atoms with Crippen LogP contribution in [0.15, 0.2) is 42.5 Å². The molecule has 0 aliphatic heterocycles. The lowest BCUT2D eigenvalue weighted by molar-refractivity contribution is -0.122. The number of carbonyl (C=O) groups is 3. The Bertz CT molecular complexity index is 844. The van der Waals surface area contributed by atoms with Gasteiger partial charge in [-0.2, -0.15) is 0 Å². The zero-order valence-electron chi connectivity index (χ0n) is 16.0. The molecular formula is C20H21NO7. The fraction of sp³-hybridized carbons (Fsp3) is 0.250. The average molecular weight is 387 g/mol. The van der Waals surface area contributed by atoms with Gasteiger partial charge in [-0.05, 0) is 37.3 Å². The van der Waals surface area contributed by atoms with Crippen molar-refractivity contribution in [1.82, 2.24) is 0 Å². The van der Waals surface area contributed by atoms with E-state index in [-0.39, 0.29) is 16.8 Å². The molecule has 1 amide bonds. The van der Waals surface area contributed by atoms with Crippen LogP contribution in [0.2, 0.25) is 0 Å². The molecule has 2 aromatic rings. The van der Waals surface area contributed by atoms with Gasteiger partial charge in [0.2, 0.25) is 0 Å². The Kier molecular flexibility index (Phi) is 6.97. The number of hydrogen-bond acceptors (Lipinski definition) is 7. The monoisotopic (exact) mass is 387 g/mol. The van der Waals surface area contributed by atoms with Crippen LogP contribution in [0, 0.1) is 0 Å². The minimum absolute atomic E-state index is 0.0963. The number of nitrogens with one attached hydrogen (secondary N) is 1. The number of ether oxygens (including phenoxy) is 4. The van der Waals surface area contributed by atoms with Crippen LogP contribution in [0.4, 0.5) is 5.69 Å². The van der Waals surface area contributed by atoms with Gasteiger partial charge in [-0.25, -0.2) is 9.59 Å². The van der Waals surface area contributed by atoms with Crippen LogP contribution < -0.4 is 14.8 Å². The van der Waals surface area contributed by atoms with Crippen LogP contribution in [0.1, 0.15) is 27.6 Å². The molecule has 28 heavy (non-hydrogen) atoms. The van der Waals surface area contributed by atoms with Crippen LogP contribution in [0.3, 0.4) is 0 Å². The third kappa shape index (κ3) is 5.00. The van der Waals surface area contributed by atoms with Crippen molar-refractivity contribution in [2.24, 2.45) is 0 Å². The molecule has 0 saturated heterocycles. The van der Waals surface area contributed by atoms with E-state index in [1.54, 1.807) is 31.2 Å². The number of rotatable bonds is 7. The zero-order valence-corrected chi connectivity index (χ0v) is 16.0. The standard InChI is InChI=1S/C20H21NO7/c1-12(28-17-8-6-5-7-16(17)25-2)18(22)21-15-10-13(19(23)26-3)9-14(11-15)20(24)27-4/h5-12H,1-4H3,(H,21,22)/t12-/m0/s1. The molecule has 0 unspecified atom stereocenters. The molecule has 1 atom stereocenters. The number of amides is 1. The van der Waals surface area contributed by atoms with Crippen LogP contribution in [-0.4, -0.2) is 45.3 Å². The van der Waals surface area contributed by atoms with Gasteiger partial charge in [0.25, 0.3) is 5.91 Å². The summed E-state index contributed by atoms with van der Waals surface area (Å²) >= 11 is 0. The highest BCUT2D eigenvalue weighted by atomic mass is 16.5. The number of carbonyl (C=O) groups excluding carboxylic acids is 3. The summed E-state index contributed by atoms with van der Waals surface area (Å²) in [5.41, 5.74) is 0.418. The molecule has 2 aromatic carbocycles.